The molecule has 0 aliphatic rings. The molecule has 1 atom stereocenters. The Labute approximate surface area is 69.4 Å². The summed E-state index contributed by atoms with van der Waals surface area (Å²) >= 11 is 0. The summed E-state index contributed by atoms with van der Waals surface area (Å²) in [6, 6.07) is 0.171. The maximum Gasteiger partial charge on any atom is 0.305 e. The molecule has 0 aliphatic carbocycles. The molecule has 1 aromatic heterocycles. The van der Waals surface area contributed by atoms with Crippen molar-refractivity contribution >= 4 is 12.0 Å². The second kappa shape index (κ2) is 3.75. The van der Waals surface area contributed by atoms with Gasteiger partial charge in [0.2, 0.25) is 0 Å². The zero-order chi connectivity index (χ0) is 8.97. The Morgan fingerprint density at radius 1 is 1.92 bits per heavy atom. The molecule has 1 rings (SSSR count). The van der Waals surface area contributed by atoms with Gasteiger partial charge in [0.25, 0.3) is 6.01 Å². The van der Waals surface area contributed by atoms with Crippen LogP contribution in [0.4, 0.5) is 6.01 Å². The maximum absolute atomic E-state index is 10.2. The van der Waals surface area contributed by atoms with Gasteiger partial charge >= 0.3 is 5.97 Å². The molecular formula is C7H10N2O3. The Balaban J connectivity index is 2.36. The number of oxazole rings is 1. The molecule has 12 heavy (non-hydrogen) atoms. The molecule has 0 spiro atoms. The fourth-order valence-corrected chi connectivity index (χ4v) is 0.818. The van der Waals surface area contributed by atoms with Gasteiger partial charge in [0.15, 0.2) is 0 Å². The van der Waals surface area contributed by atoms with Crippen LogP contribution in [-0.4, -0.2) is 22.1 Å². The topological polar surface area (TPSA) is 75.4 Å². The van der Waals surface area contributed by atoms with Gasteiger partial charge in [0, 0.05) is 6.04 Å². The van der Waals surface area contributed by atoms with Crippen molar-refractivity contribution in [1.29, 1.82) is 0 Å². The maximum atomic E-state index is 10.2. The van der Waals surface area contributed by atoms with Crippen molar-refractivity contribution in [3.8, 4) is 0 Å². The van der Waals surface area contributed by atoms with Gasteiger partial charge in [-0.15, -0.1) is 0 Å². The monoisotopic (exact) mass is 170 g/mol. The van der Waals surface area contributed by atoms with Crippen LogP contribution in [0.15, 0.2) is 16.9 Å². The lowest BCUT2D eigenvalue weighted by molar-refractivity contribution is -0.137. The van der Waals surface area contributed by atoms with Crippen LogP contribution in [0.5, 0.6) is 0 Å². The molecule has 5 heteroatoms. The highest BCUT2D eigenvalue weighted by atomic mass is 16.4. The van der Waals surface area contributed by atoms with Crippen LogP contribution in [0, 0.1) is 0 Å². The summed E-state index contributed by atoms with van der Waals surface area (Å²) in [5.74, 6) is -0.846. The van der Waals surface area contributed by atoms with E-state index in [0.29, 0.717) is 6.01 Å². The van der Waals surface area contributed by atoms with E-state index in [4.69, 9.17) is 9.52 Å². The van der Waals surface area contributed by atoms with Crippen molar-refractivity contribution in [1.82, 2.24) is 4.98 Å². The van der Waals surface area contributed by atoms with Crippen molar-refractivity contribution in [2.75, 3.05) is 5.32 Å². The van der Waals surface area contributed by atoms with Gasteiger partial charge in [0.05, 0.1) is 12.6 Å². The Morgan fingerprint density at radius 2 is 2.67 bits per heavy atom. The summed E-state index contributed by atoms with van der Waals surface area (Å²) < 4.78 is 4.87. The molecule has 0 bridgehead atoms. The second-order valence-electron chi connectivity index (χ2n) is 2.48. The highest BCUT2D eigenvalue weighted by Crippen LogP contribution is 2.05. The number of nitrogens with one attached hydrogen (secondary N) is 1. The third-order valence-electron chi connectivity index (χ3n) is 1.28. The lowest BCUT2D eigenvalue weighted by Gasteiger charge is -2.07. The van der Waals surface area contributed by atoms with Crippen LogP contribution in [-0.2, 0) is 4.79 Å². The number of carbonyl (C=O) groups is 1. The van der Waals surface area contributed by atoms with E-state index in [1.165, 1.54) is 12.5 Å². The third-order valence-corrected chi connectivity index (χ3v) is 1.28. The van der Waals surface area contributed by atoms with Crippen LogP contribution in [0.25, 0.3) is 0 Å². The van der Waals surface area contributed by atoms with Gasteiger partial charge in [-0.3, -0.25) is 4.79 Å². The normalized spacial score (nSPS) is 12.4. The van der Waals surface area contributed by atoms with Gasteiger partial charge in [-0.05, 0) is 6.92 Å². The SMILES string of the molecule is CC(CC(=O)O)Nc1ncco1. The minimum atomic E-state index is -0.846. The summed E-state index contributed by atoms with van der Waals surface area (Å²) in [7, 11) is 0. The van der Waals surface area contributed by atoms with Crippen molar-refractivity contribution in [3.05, 3.63) is 12.5 Å². The van der Waals surface area contributed by atoms with Gasteiger partial charge in [0.1, 0.15) is 6.26 Å². The fraction of sp³-hybridized carbons (Fsp3) is 0.429. The Hall–Kier alpha value is -1.52. The van der Waals surface area contributed by atoms with E-state index in [1.54, 1.807) is 6.92 Å². The average molecular weight is 170 g/mol. The van der Waals surface area contributed by atoms with E-state index < -0.39 is 5.97 Å². The lowest BCUT2D eigenvalue weighted by atomic mass is 10.2. The van der Waals surface area contributed by atoms with Crippen LogP contribution in [0.1, 0.15) is 13.3 Å². The molecule has 2 N–H and O–H groups in total. The molecule has 0 saturated carbocycles. The number of carboxylic acid groups (broad SMARTS) is 1. The highest BCUT2D eigenvalue weighted by molar-refractivity contribution is 5.67. The largest absolute Gasteiger partial charge is 0.481 e. The average Bonchev–Trinajstić information content (AvgIpc) is 2.37. The van der Waals surface area contributed by atoms with E-state index in [9.17, 15) is 4.79 Å². The van der Waals surface area contributed by atoms with Crippen molar-refractivity contribution in [3.63, 3.8) is 0 Å². The van der Waals surface area contributed by atoms with E-state index in [1.807, 2.05) is 0 Å². The summed E-state index contributed by atoms with van der Waals surface area (Å²) in [6.07, 6.45) is 2.97. The Kier molecular flexibility index (Phi) is 2.68. The van der Waals surface area contributed by atoms with Gasteiger partial charge < -0.3 is 14.8 Å². The number of nitrogens with zero attached hydrogens (tertiary/aromatic N) is 1. The quantitative estimate of drug-likeness (QED) is 0.703. The first kappa shape index (κ1) is 8.58. The molecule has 66 valence electrons. The van der Waals surface area contributed by atoms with E-state index in [-0.39, 0.29) is 12.5 Å². The minimum absolute atomic E-state index is 0.0440. The van der Waals surface area contributed by atoms with Gasteiger partial charge in [-0.25, -0.2) is 4.98 Å². The van der Waals surface area contributed by atoms with E-state index in [2.05, 4.69) is 10.3 Å². The summed E-state index contributed by atoms with van der Waals surface area (Å²) in [6.45, 7) is 1.75. The summed E-state index contributed by atoms with van der Waals surface area (Å²) in [5, 5.41) is 11.2. The number of aliphatic carboxylic acids is 1. The van der Waals surface area contributed by atoms with Crippen LogP contribution in [0.2, 0.25) is 0 Å². The number of aromatic nitrogens is 1. The zero-order valence-electron chi connectivity index (χ0n) is 6.65. The number of rotatable bonds is 4. The van der Waals surface area contributed by atoms with Crippen LogP contribution < -0.4 is 5.32 Å². The predicted molar refractivity (Wildman–Crippen MR) is 41.8 cm³/mol. The molecule has 0 fully saturated rings. The first-order valence-electron chi connectivity index (χ1n) is 3.56. The summed E-state index contributed by atoms with van der Waals surface area (Å²) in [5.41, 5.74) is 0. The lowest BCUT2D eigenvalue weighted by Crippen LogP contribution is -2.19. The second-order valence-corrected chi connectivity index (χ2v) is 2.48. The molecule has 1 aromatic rings. The van der Waals surface area contributed by atoms with Gasteiger partial charge in [-0.2, -0.15) is 0 Å². The molecule has 5 nitrogen and oxygen atoms in total. The molecule has 0 amide bonds. The van der Waals surface area contributed by atoms with Gasteiger partial charge in [-0.1, -0.05) is 0 Å². The predicted octanol–water partition coefficient (Wildman–Crippen LogP) is 0.950. The number of hydrogen-bond donors (Lipinski definition) is 2. The van der Waals surface area contributed by atoms with Crippen molar-refractivity contribution < 1.29 is 14.3 Å². The Bertz CT molecular complexity index is 245. The smallest absolute Gasteiger partial charge is 0.305 e. The standard InChI is InChI=1S/C7H10N2O3/c1-5(4-6(10)11)9-7-8-2-3-12-7/h2-3,5H,4H2,1H3,(H,8,9)(H,10,11). The number of carboxylic acids is 1. The van der Waals surface area contributed by atoms with Crippen molar-refractivity contribution in [2.24, 2.45) is 0 Å². The first-order chi connectivity index (χ1) is 5.68. The number of hydrogen-bond acceptors (Lipinski definition) is 4. The highest BCUT2D eigenvalue weighted by Gasteiger charge is 2.08. The van der Waals surface area contributed by atoms with Crippen molar-refractivity contribution in [2.45, 2.75) is 19.4 Å². The molecule has 0 radical (unpaired) electrons. The zero-order valence-corrected chi connectivity index (χ0v) is 6.65. The molecular weight excluding hydrogens is 160 g/mol. The molecule has 0 aliphatic heterocycles. The summed E-state index contributed by atoms with van der Waals surface area (Å²) in [4.78, 5) is 14.0. The molecule has 1 unspecified atom stereocenters. The Morgan fingerprint density at radius 3 is 3.17 bits per heavy atom. The number of anilines is 1. The van der Waals surface area contributed by atoms with E-state index >= 15 is 0 Å². The van der Waals surface area contributed by atoms with E-state index in [0.717, 1.165) is 0 Å². The third kappa shape index (κ3) is 2.61. The fourth-order valence-electron chi connectivity index (χ4n) is 0.818. The molecule has 1 heterocycles. The molecule has 0 aromatic carbocycles. The van der Waals surface area contributed by atoms with Crippen LogP contribution >= 0.6 is 0 Å². The minimum Gasteiger partial charge on any atom is -0.481 e. The first-order valence-corrected chi connectivity index (χ1v) is 3.56. The van der Waals surface area contributed by atoms with Crippen LogP contribution in [0.3, 0.4) is 0 Å². The molecule has 0 saturated heterocycles.